The van der Waals surface area contributed by atoms with Crippen LogP contribution in [0.3, 0.4) is 0 Å². The van der Waals surface area contributed by atoms with Gasteiger partial charge in [0.25, 0.3) is 0 Å². The largest absolute Gasteiger partial charge is 0.497 e. The minimum absolute atomic E-state index is 0.0687. The molecule has 0 spiro atoms. The van der Waals surface area contributed by atoms with E-state index >= 15 is 0 Å². The van der Waals surface area contributed by atoms with E-state index in [1.165, 1.54) is 16.3 Å². The van der Waals surface area contributed by atoms with Crippen molar-refractivity contribution in [3.05, 3.63) is 54.1 Å². The molecule has 1 N–H and O–H groups in total. The molecule has 37 heavy (non-hydrogen) atoms. The topological polar surface area (TPSA) is 105 Å². The molecule has 0 heterocycles. The van der Waals surface area contributed by atoms with E-state index in [0.717, 1.165) is 11.8 Å². The Morgan fingerprint density at radius 1 is 1.00 bits per heavy atom. The van der Waals surface area contributed by atoms with Crippen LogP contribution in [-0.4, -0.2) is 63.7 Å². The number of carbonyl (C=O) groups excluding carboxylic acids is 2. The van der Waals surface area contributed by atoms with Crippen molar-refractivity contribution in [1.29, 1.82) is 0 Å². The molecule has 0 aliphatic heterocycles. The van der Waals surface area contributed by atoms with Crippen molar-refractivity contribution in [3.63, 3.8) is 0 Å². The van der Waals surface area contributed by atoms with Gasteiger partial charge in [0.05, 0.1) is 26.2 Å². The number of carbonyl (C=O) groups is 2. The fourth-order valence-electron chi connectivity index (χ4n) is 3.78. The molecule has 0 radical (unpaired) electrons. The zero-order valence-electron chi connectivity index (χ0n) is 22.8. The van der Waals surface area contributed by atoms with Crippen molar-refractivity contribution in [3.8, 4) is 11.5 Å². The minimum atomic E-state index is -3.57. The maximum absolute atomic E-state index is 13.4. The third-order valence-corrected chi connectivity index (χ3v) is 6.86. The van der Waals surface area contributed by atoms with E-state index in [-0.39, 0.29) is 37.7 Å². The second-order valence-electron chi connectivity index (χ2n) is 9.93. The van der Waals surface area contributed by atoms with Crippen LogP contribution in [0.5, 0.6) is 11.5 Å². The number of hydrogen-bond donors (Lipinski definition) is 1. The third kappa shape index (κ3) is 9.27. The first-order valence-electron chi connectivity index (χ1n) is 12.1. The molecule has 0 aliphatic carbocycles. The van der Waals surface area contributed by atoms with E-state index in [1.54, 1.807) is 38.3 Å². The summed E-state index contributed by atoms with van der Waals surface area (Å²) < 4.78 is 36.6. The van der Waals surface area contributed by atoms with Crippen LogP contribution in [0.15, 0.2) is 48.5 Å². The normalized spacial score (nSPS) is 12.4. The Hall–Kier alpha value is -3.27. The van der Waals surface area contributed by atoms with E-state index in [0.29, 0.717) is 17.2 Å². The minimum Gasteiger partial charge on any atom is -0.497 e. The van der Waals surface area contributed by atoms with Crippen LogP contribution >= 0.6 is 0 Å². The van der Waals surface area contributed by atoms with Crippen LogP contribution in [0, 0.1) is 0 Å². The molecule has 0 bridgehead atoms. The SMILES string of the molecule is COc1ccc(N(CCCC(=O)N(Cc2cccc(OC)c2)[C@@H](C)C(=O)NC(C)(C)C)S(C)(=O)=O)cc1. The molecule has 2 aromatic carbocycles. The Balaban J connectivity index is 2.20. The van der Waals surface area contributed by atoms with Crippen molar-refractivity contribution in [1.82, 2.24) is 10.2 Å². The molecule has 0 unspecified atom stereocenters. The first-order chi connectivity index (χ1) is 17.2. The highest BCUT2D eigenvalue weighted by atomic mass is 32.2. The molecule has 0 aliphatic rings. The lowest BCUT2D eigenvalue weighted by molar-refractivity contribution is -0.141. The number of nitrogens with one attached hydrogen (secondary N) is 1. The summed E-state index contributed by atoms with van der Waals surface area (Å²) in [5, 5.41) is 2.93. The molecule has 2 aromatic rings. The van der Waals surface area contributed by atoms with Gasteiger partial charge in [-0.05, 0) is 76.1 Å². The Bertz CT molecular complexity index is 1160. The van der Waals surface area contributed by atoms with E-state index in [1.807, 2.05) is 45.0 Å². The molecule has 10 heteroatoms. The van der Waals surface area contributed by atoms with E-state index in [2.05, 4.69) is 5.32 Å². The summed E-state index contributed by atoms with van der Waals surface area (Å²) in [5.41, 5.74) is 0.853. The number of methoxy groups -OCH3 is 2. The molecule has 0 aromatic heterocycles. The van der Waals surface area contributed by atoms with E-state index in [4.69, 9.17) is 9.47 Å². The van der Waals surface area contributed by atoms with Crippen LogP contribution in [0.2, 0.25) is 0 Å². The molecule has 2 amide bonds. The first-order valence-corrected chi connectivity index (χ1v) is 14.0. The zero-order chi connectivity index (χ0) is 27.8. The van der Waals surface area contributed by atoms with Crippen molar-refractivity contribution < 1.29 is 27.5 Å². The first kappa shape index (κ1) is 30.0. The Kier molecular flexibility index (Phi) is 10.4. The van der Waals surface area contributed by atoms with Gasteiger partial charge in [0.2, 0.25) is 21.8 Å². The number of rotatable bonds is 12. The van der Waals surface area contributed by atoms with E-state index in [9.17, 15) is 18.0 Å². The quantitative estimate of drug-likeness (QED) is 0.447. The molecule has 0 fully saturated rings. The fourth-order valence-corrected chi connectivity index (χ4v) is 4.74. The lowest BCUT2D eigenvalue weighted by Gasteiger charge is -2.32. The summed E-state index contributed by atoms with van der Waals surface area (Å²) in [6, 6.07) is 13.3. The molecular formula is C27H39N3O6S. The monoisotopic (exact) mass is 533 g/mol. The highest BCUT2D eigenvalue weighted by Crippen LogP contribution is 2.23. The average molecular weight is 534 g/mol. The summed E-state index contributed by atoms with van der Waals surface area (Å²) in [5.74, 6) is 0.755. The predicted octanol–water partition coefficient (Wildman–Crippen LogP) is 3.58. The average Bonchev–Trinajstić information content (AvgIpc) is 2.83. The standard InChI is InChI=1S/C27H39N3O6S/c1-20(26(32)28-27(2,3)4)29(19-21-10-8-11-24(18-21)36-6)25(31)12-9-17-30(37(7,33)34)22-13-15-23(35-5)16-14-22/h8,10-11,13-16,18,20H,9,12,17,19H2,1-7H3,(H,28,32)/t20-/m0/s1. The van der Waals surface area contributed by atoms with Gasteiger partial charge in [0.1, 0.15) is 17.5 Å². The summed E-state index contributed by atoms with van der Waals surface area (Å²) in [6.45, 7) is 7.66. The number of hydrogen-bond acceptors (Lipinski definition) is 6. The Labute approximate surface area is 220 Å². The maximum Gasteiger partial charge on any atom is 0.242 e. The van der Waals surface area contributed by atoms with Gasteiger partial charge >= 0.3 is 0 Å². The van der Waals surface area contributed by atoms with Crippen molar-refractivity contribution in [2.45, 2.75) is 58.7 Å². The number of nitrogens with zero attached hydrogens (tertiary/aromatic N) is 2. The predicted molar refractivity (Wildman–Crippen MR) is 145 cm³/mol. The molecule has 2 rings (SSSR count). The van der Waals surface area contributed by atoms with Crippen molar-refractivity contribution in [2.75, 3.05) is 31.3 Å². The highest BCUT2D eigenvalue weighted by Gasteiger charge is 2.28. The van der Waals surface area contributed by atoms with Gasteiger partial charge in [0, 0.05) is 25.0 Å². The third-order valence-electron chi connectivity index (χ3n) is 5.67. The number of anilines is 1. The lowest BCUT2D eigenvalue weighted by atomic mass is 10.1. The van der Waals surface area contributed by atoms with Gasteiger partial charge in [-0.1, -0.05) is 12.1 Å². The number of ether oxygens (including phenoxy) is 2. The number of benzene rings is 2. The molecule has 0 saturated carbocycles. The van der Waals surface area contributed by atoms with Gasteiger partial charge in [-0.3, -0.25) is 13.9 Å². The van der Waals surface area contributed by atoms with Crippen LogP contribution in [-0.2, 0) is 26.2 Å². The lowest BCUT2D eigenvalue weighted by Crippen LogP contribution is -2.52. The second kappa shape index (κ2) is 12.8. The molecule has 1 atom stereocenters. The van der Waals surface area contributed by atoms with Crippen LogP contribution in [0.1, 0.15) is 46.1 Å². The fraction of sp³-hybridized carbons (Fsp3) is 0.481. The molecular weight excluding hydrogens is 494 g/mol. The van der Waals surface area contributed by atoms with Gasteiger partial charge in [-0.15, -0.1) is 0 Å². The van der Waals surface area contributed by atoms with Gasteiger partial charge in [0.15, 0.2) is 0 Å². The summed E-state index contributed by atoms with van der Waals surface area (Å²) in [6.07, 6.45) is 1.48. The maximum atomic E-state index is 13.4. The molecule has 204 valence electrons. The van der Waals surface area contributed by atoms with Crippen molar-refractivity contribution >= 4 is 27.5 Å². The van der Waals surface area contributed by atoms with Gasteiger partial charge < -0.3 is 19.7 Å². The highest BCUT2D eigenvalue weighted by molar-refractivity contribution is 7.92. The van der Waals surface area contributed by atoms with Crippen LogP contribution in [0.25, 0.3) is 0 Å². The summed E-state index contributed by atoms with van der Waals surface area (Å²) in [7, 11) is -0.469. The zero-order valence-corrected chi connectivity index (χ0v) is 23.6. The molecule has 0 saturated heterocycles. The smallest absolute Gasteiger partial charge is 0.242 e. The molecule has 9 nitrogen and oxygen atoms in total. The van der Waals surface area contributed by atoms with Gasteiger partial charge in [-0.2, -0.15) is 0 Å². The van der Waals surface area contributed by atoms with Gasteiger partial charge in [-0.25, -0.2) is 8.42 Å². The summed E-state index contributed by atoms with van der Waals surface area (Å²) >= 11 is 0. The Morgan fingerprint density at radius 3 is 2.16 bits per heavy atom. The second-order valence-corrected chi connectivity index (χ2v) is 11.8. The van der Waals surface area contributed by atoms with Crippen LogP contribution in [0.4, 0.5) is 5.69 Å². The Morgan fingerprint density at radius 2 is 1.62 bits per heavy atom. The summed E-state index contributed by atoms with van der Waals surface area (Å²) in [4.78, 5) is 27.9. The number of sulfonamides is 1. The number of amides is 2. The van der Waals surface area contributed by atoms with Crippen molar-refractivity contribution in [2.24, 2.45) is 0 Å². The van der Waals surface area contributed by atoms with Crippen LogP contribution < -0.4 is 19.1 Å². The van der Waals surface area contributed by atoms with E-state index < -0.39 is 21.6 Å².